The molecule has 0 saturated heterocycles. The van der Waals surface area contributed by atoms with E-state index in [0.717, 1.165) is 24.7 Å². The van der Waals surface area contributed by atoms with E-state index >= 15 is 0 Å². The van der Waals surface area contributed by atoms with Crippen molar-refractivity contribution in [2.24, 2.45) is 0 Å². The van der Waals surface area contributed by atoms with Crippen LogP contribution in [0.3, 0.4) is 0 Å². The quantitative estimate of drug-likeness (QED) is 0.728. The second kappa shape index (κ2) is 5.40. The molecule has 0 spiro atoms. The fourth-order valence-electron chi connectivity index (χ4n) is 1.38. The van der Waals surface area contributed by atoms with E-state index in [1.165, 1.54) is 0 Å². The van der Waals surface area contributed by atoms with Gasteiger partial charge in [0, 0.05) is 12.1 Å². The first-order chi connectivity index (χ1) is 9.06. The van der Waals surface area contributed by atoms with Gasteiger partial charge in [-0.3, -0.25) is 9.59 Å². The maximum Gasteiger partial charge on any atom is 0.226 e. The molecule has 0 aromatic carbocycles. The lowest BCUT2D eigenvalue weighted by Crippen LogP contribution is -2.15. The topological polar surface area (TPSA) is 113 Å². The van der Waals surface area contributed by atoms with Gasteiger partial charge in [0.15, 0.2) is 11.5 Å². The van der Waals surface area contributed by atoms with Crippen molar-refractivity contribution >= 4 is 0 Å². The minimum absolute atomic E-state index is 0.222. The largest absolute Gasteiger partial charge is 0.502 e. The van der Waals surface area contributed by atoms with Crippen LogP contribution in [0.15, 0.2) is 43.1 Å². The molecule has 0 saturated carbocycles. The highest BCUT2D eigenvalue weighted by Crippen LogP contribution is 2.05. The fraction of sp³-hybridized carbons (Fsp3) is 0.167. The SMILES string of the molecule is O=c1cc(CNCc2cc(=O)c(O)co2)occ1O. The molecule has 7 heteroatoms. The summed E-state index contributed by atoms with van der Waals surface area (Å²) in [5.41, 5.74) is -1.06. The van der Waals surface area contributed by atoms with Crippen molar-refractivity contribution in [1.29, 1.82) is 0 Å². The molecule has 100 valence electrons. The highest BCUT2D eigenvalue weighted by molar-refractivity contribution is 5.16. The molecule has 0 aliphatic rings. The van der Waals surface area contributed by atoms with Crippen LogP contribution in [0.4, 0.5) is 0 Å². The lowest BCUT2D eigenvalue weighted by atomic mass is 10.3. The third kappa shape index (κ3) is 3.23. The Labute approximate surface area is 106 Å². The molecule has 2 rings (SSSR count). The molecule has 0 fully saturated rings. The van der Waals surface area contributed by atoms with Gasteiger partial charge in [0.25, 0.3) is 0 Å². The Morgan fingerprint density at radius 3 is 1.68 bits per heavy atom. The smallest absolute Gasteiger partial charge is 0.226 e. The molecule has 2 aromatic rings. The average Bonchev–Trinajstić information content (AvgIpc) is 2.38. The Morgan fingerprint density at radius 1 is 0.895 bits per heavy atom. The van der Waals surface area contributed by atoms with Crippen LogP contribution in [0.25, 0.3) is 0 Å². The second-order valence-corrected chi connectivity index (χ2v) is 3.80. The molecular formula is C12H11NO6. The number of aromatic hydroxyl groups is 2. The third-order valence-electron chi connectivity index (χ3n) is 2.33. The highest BCUT2D eigenvalue weighted by atomic mass is 16.4. The molecule has 3 N–H and O–H groups in total. The number of hydrogen-bond acceptors (Lipinski definition) is 7. The Hall–Kier alpha value is -2.54. The summed E-state index contributed by atoms with van der Waals surface area (Å²) in [6, 6.07) is 2.32. The molecule has 0 amide bonds. The molecule has 7 nitrogen and oxygen atoms in total. The molecule has 2 heterocycles. The van der Waals surface area contributed by atoms with Crippen LogP contribution in [-0.2, 0) is 13.1 Å². The van der Waals surface area contributed by atoms with Crippen molar-refractivity contribution in [1.82, 2.24) is 5.32 Å². The van der Waals surface area contributed by atoms with Crippen molar-refractivity contribution in [2.45, 2.75) is 13.1 Å². The molecule has 0 bridgehead atoms. The summed E-state index contributed by atoms with van der Waals surface area (Å²) in [4.78, 5) is 22.3. The average molecular weight is 265 g/mol. The zero-order valence-corrected chi connectivity index (χ0v) is 9.75. The van der Waals surface area contributed by atoms with Gasteiger partial charge in [0.1, 0.15) is 24.0 Å². The molecule has 0 unspecified atom stereocenters. The van der Waals surface area contributed by atoms with Crippen LogP contribution in [0.1, 0.15) is 11.5 Å². The standard InChI is InChI=1S/C12H11NO6/c14-9-1-7(18-5-11(9)16)3-13-4-8-2-10(15)12(17)6-19-8/h1-2,5-6,13,16-17H,3-4H2. The summed E-state index contributed by atoms with van der Waals surface area (Å²) in [5.74, 6) is -0.227. The number of hydrogen-bond donors (Lipinski definition) is 3. The minimum atomic E-state index is -0.529. The van der Waals surface area contributed by atoms with E-state index in [9.17, 15) is 9.59 Å². The van der Waals surface area contributed by atoms with E-state index in [2.05, 4.69) is 5.32 Å². The molecule has 0 aliphatic carbocycles. The molecule has 19 heavy (non-hydrogen) atoms. The van der Waals surface area contributed by atoms with Gasteiger partial charge < -0.3 is 24.4 Å². The first-order valence-electron chi connectivity index (χ1n) is 5.38. The lowest BCUT2D eigenvalue weighted by molar-refractivity contribution is 0.390. The van der Waals surface area contributed by atoms with Crippen LogP contribution in [-0.4, -0.2) is 10.2 Å². The number of nitrogens with one attached hydrogen (secondary N) is 1. The van der Waals surface area contributed by atoms with E-state index in [1.807, 2.05) is 0 Å². The van der Waals surface area contributed by atoms with E-state index in [1.54, 1.807) is 0 Å². The Balaban J connectivity index is 1.96. The maximum atomic E-state index is 11.1. The summed E-state index contributed by atoms with van der Waals surface area (Å²) in [5, 5.41) is 20.9. The van der Waals surface area contributed by atoms with Crippen LogP contribution in [0, 0.1) is 0 Å². The Morgan fingerprint density at radius 2 is 1.32 bits per heavy atom. The number of rotatable bonds is 4. The Kier molecular flexibility index (Phi) is 3.67. The molecule has 2 aromatic heterocycles. The minimum Gasteiger partial charge on any atom is -0.502 e. The lowest BCUT2D eigenvalue weighted by Gasteiger charge is -2.03. The first kappa shape index (κ1) is 12.9. The van der Waals surface area contributed by atoms with Gasteiger partial charge in [-0.05, 0) is 0 Å². The summed E-state index contributed by atoms with van der Waals surface area (Å²) in [6.07, 6.45) is 1.92. The maximum absolute atomic E-state index is 11.1. The van der Waals surface area contributed by atoms with Crippen LogP contribution < -0.4 is 16.2 Å². The molecule has 0 aliphatic heterocycles. The van der Waals surface area contributed by atoms with Crippen molar-refractivity contribution in [2.75, 3.05) is 0 Å². The third-order valence-corrected chi connectivity index (χ3v) is 2.33. The van der Waals surface area contributed by atoms with Crippen molar-refractivity contribution in [3.63, 3.8) is 0 Å². The van der Waals surface area contributed by atoms with Gasteiger partial charge in [-0.25, -0.2) is 0 Å². The molecular weight excluding hydrogens is 254 g/mol. The van der Waals surface area contributed by atoms with Crippen LogP contribution in [0.2, 0.25) is 0 Å². The predicted octanol–water partition coefficient (Wildman–Crippen LogP) is 0.294. The normalized spacial score (nSPS) is 10.5. The zero-order chi connectivity index (χ0) is 13.8. The van der Waals surface area contributed by atoms with Gasteiger partial charge in [-0.15, -0.1) is 0 Å². The predicted molar refractivity (Wildman–Crippen MR) is 63.8 cm³/mol. The summed E-state index contributed by atoms with van der Waals surface area (Å²) in [6.45, 7) is 0.445. The van der Waals surface area contributed by atoms with Crippen molar-refractivity contribution in [3.8, 4) is 11.5 Å². The highest BCUT2D eigenvalue weighted by Gasteiger charge is 2.04. The van der Waals surface area contributed by atoms with Gasteiger partial charge in [-0.1, -0.05) is 0 Å². The van der Waals surface area contributed by atoms with Crippen LogP contribution in [0.5, 0.6) is 11.5 Å². The fourth-order valence-corrected chi connectivity index (χ4v) is 1.38. The molecule has 0 radical (unpaired) electrons. The van der Waals surface area contributed by atoms with E-state index in [-0.39, 0.29) is 13.1 Å². The Bertz CT molecular complexity index is 628. The summed E-state index contributed by atoms with van der Waals surface area (Å²) < 4.78 is 9.95. The van der Waals surface area contributed by atoms with Gasteiger partial charge >= 0.3 is 0 Å². The second-order valence-electron chi connectivity index (χ2n) is 3.80. The van der Waals surface area contributed by atoms with E-state index < -0.39 is 22.4 Å². The van der Waals surface area contributed by atoms with Crippen LogP contribution >= 0.6 is 0 Å². The van der Waals surface area contributed by atoms with E-state index in [4.69, 9.17) is 19.0 Å². The van der Waals surface area contributed by atoms with Gasteiger partial charge in [-0.2, -0.15) is 0 Å². The van der Waals surface area contributed by atoms with Crippen molar-refractivity contribution in [3.05, 3.63) is 56.6 Å². The van der Waals surface area contributed by atoms with E-state index in [0.29, 0.717) is 11.5 Å². The van der Waals surface area contributed by atoms with Gasteiger partial charge in [0.05, 0.1) is 13.1 Å². The summed E-state index contributed by atoms with van der Waals surface area (Å²) in [7, 11) is 0. The van der Waals surface area contributed by atoms with Gasteiger partial charge in [0.2, 0.25) is 10.9 Å². The molecule has 0 atom stereocenters. The zero-order valence-electron chi connectivity index (χ0n) is 9.75. The monoisotopic (exact) mass is 265 g/mol. The first-order valence-corrected chi connectivity index (χ1v) is 5.38. The van der Waals surface area contributed by atoms with Crippen molar-refractivity contribution < 1.29 is 19.0 Å². The summed E-state index contributed by atoms with van der Waals surface area (Å²) >= 11 is 0.